The molecule has 7 heteroatoms. The summed E-state index contributed by atoms with van der Waals surface area (Å²) in [4.78, 5) is 8.85. The maximum absolute atomic E-state index is 4.57. The Morgan fingerprint density at radius 2 is 2.04 bits per heavy atom. The van der Waals surface area contributed by atoms with Gasteiger partial charge >= 0.3 is 0 Å². The summed E-state index contributed by atoms with van der Waals surface area (Å²) in [5, 5.41) is 11.2. The molecule has 5 nitrogen and oxygen atoms in total. The number of halogens is 1. The zero-order valence-corrected chi connectivity index (χ0v) is 16.5. The number of hydrogen-bond acceptors (Lipinski definition) is 4. The Labute approximate surface area is 158 Å². The lowest BCUT2D eigenvalue weighted by Crippen LogP contribution is -2.43. The number of thiazole rings is 1. The minimum atomic E-state index is 0. The van der Waals surface area contributed by atoms with Gasteiger partial charge in [-0.1, -0.05) is 36.3 Å². The molecule has 1 fully saturated rings. The number of guanidine groups is 1. The second kappa shape index (κ2) is 9.27. The first-order valence-electron chi connectivity index (χ1n) is 7.92. The maximum atomic E-state index is 4.57. The summed E-state index contributed by atoms with van der Waals surface area (Å²) >= 11 is 1.69. The van der Waals surface area contributed by atoms with Crippen LogP contribution in [0.2, 0.25) is 0 Å². The maximum Gasteiger partial charge on any atom is 0.191 e. The molecule has 1 aliphatic carbocycles. The van der Waals surface area contributed by atoms with Gasteiger partial charge in [0, 0.05) is 26.2 Å². The normalized spacial score (nSPS) is 15.4. The van der Waals surface area contributed by atoms with E-state index in [1.807, 2.05) is 25.2 Å². The fourth-order valence-corrected chi connectivity index (χ4v) is 3.65. The van der Waals surface area contributed by atoms with E-state index < -0.39 is 0 Å². The number of para-hydroxylation sites is 1. The number of nitrogens with one attached hydrogen (secondary N) is 3. The zero-order chi connectivity index (χ0) is 15.2. The van der Waals surface area contributed by atoms with E-state index in [9.17, 15) is 0 Å². The van der Waals surface area contributed by atoms with Gasteiger partial charge in [0.15, 0.2) is 11.1 Å². The van der Waals surface area contributed by atoms with E-state index in [4.69, 9.17) is 0 Å². The van der Waals surface area contributed by atoms with Crippen LogP contribution in [-0.4, -0.2) is 37.1 Å². The predicted octanol–water partition coefficient (Wildman–Crippen LogP) is 3.43. The summed E-state index contributed by atoms with van der Waals surface area (Å²) in [5.74, 6) is 0.901. The molecular weight excluding hydrogens is 421 g/mol. The van der Waals surface area contributed by atoms with Crippen LogP contribution in [0, 0.1) is 0 Å². The van der Waals surface area contributed by atoms with E-state index in [0.717, 1.165) is 29.7 Å². The summed E-state index contributed by atoms with van der Waals surface area (Å²) in [5.41, 5.74) is 1.06. The fraction of sp³-hybridized carbons (Fsp3) is 0.500. The molecule has 2 aromatic rings. The van der Waals surface area contributed by atoms with E-state index in [1.165, 1.54) is 30.4 Å². The molecule has 1 heterocycles. The van der Waals surface area contributed by atoms with Crippen molar-refractivity contribution in [1.82, 2.24) is 15.6 Å². The Bertz CT molecular complexity index is 603. The number of anilines is 1. The van der Waals surface area contributed by atoms with Gasteiger partial charge < -0.3 is 16.0 Å². The number of rotatable bonds is 5. The summed E-state index contributed by atoms with van der Waals surface area (Å²) in [6.45, 7) is 1.65. The molecule has 0 spiro atoms. The summed E-state index contributed by atoms with van der Waals surface area (Å²) in [6, 6.07) is 8.80. The van der Waals surface area contributed by atoms with Gasteiger partial charge in [-0.3, -0.25) is 4.99 Å². The minimum absolute atomic E-state index is 0. The molecule has 0 bridgehead atoms. The summed E-state index contributed by atoms with van der Waals surface area (Å²) in [7, 11) is 1.82. The lowest BCUT2D eigenvalue weighted by molar-refractivity contribution is 0.615. The summed E-state index contributed by atoms with van der Waals surface area (Å²) < 4.78 is 1.22. The third-order valence-corrected chi connectivity index (χ3v) is 4.90. The third-order valence-electron chi connectivity index (χ3n) is 3.91. The quantitative estimate of drug-likeness (QED) is 0.286. The number of hydrogen-bond donors (Lipinski definition) is 3. The molecule has 0 amide bonds. The van der Waals surface area contributed by atoms with Gasteiger partial charge in [-0.25, -0.2) is 4.98 Å². The highest BCUT2D eigenvalue weighted by Crippen LogP contribution is 2.24. The van der Waals surface area contributed by atoms with Crippen LogP contribution < -0.4 is 16.0 Å². The highest BCUT2D eigenvalue weighted by atomic mass is 127. The van der Waals surface area contributed by atoms with Crippen molar-refractivity contribution in [1.29, 1.82) is 0 Å². The van der Waals surface area contributed by atoms with Gasteiger partial charge in [-0.05, 0) is 25.0 Å². The Morgan fingerprint density at radius 3 is 2.78 bits per heavy atom. The van der Waals surface area contributed by atoms with Crippen LogP contribution in [0.5, 0.6) is 0 Å². The predicted molar refractivity (Wildman–Crippen MR) is 110 cm³/mol. The van der Waals surface area contributed by atoms with Crippen LogP contribution in [0.3, 0.4) is 0 Å². The lowest BCUT2D eigenvalue weighted by atomic mass is 10.2. The van der Waals surface area contributed by atoms with Crippen LogP contribution in [0.1, 0.15) is 25.7 Å². The number of aliphatic imine (C=N–C) groups is 1. The third kappa shape index (κ3) is 5.20. The molecule has 3 rings (SSSR count). The monoisotopic (exact) mass is 445 g/mol. The van der Waals surface area contributed by atoms with E-state index in [-0.39, 0.29) is 24.0 Å². The lowest BCUT2D eigenvalue weighted by Gasteiger charge is -2.16. The molecule has 1 aromatic heterocycles. The molecule has 0 atom stereocenters. The van der Waals surface area contributed by atoms with Crippen molar-refractivity contribution in [3.05, 3.63) is 24.3 Å². The standard InChI is InChI=1S/C16H23N5S.HI/c1-17-15(20-12-6-2-3-7-12)18-10-11-19-16-21-13-8-4-5-9-14(13)22-16;/h4-5,8-9,12H,2-3,6-7,10-11H2,1H3,(H,19,21)(H2,17,18,20);1H. The Hall–Kier alpha value is -1.09. The zero-order valence-electron chi connectivity index (χ0n) is 13.3. The number of fused-ring (bicyclic) bond motifs is 1. The Balaban J connectivity index is 0.00000192. The second-order valence-corrected chi connectivity index (χ2v) is 6.57. The number of nitrogens with zero attached hydrogens (tertiary/aromatic N) is 2. The average Bonchev–Trinajstić information content (AvgIpc) is 3.19. The van der Waals surface area contributed by atoms with Crippen LogP contribution >= 0.6 is 35.3 Å². The van der Waals surface area contributed by atoms with Gasteiger partial charge in [0.25, 0.3) is 0 Å². The van der Waals surface area contributed by atoms with Crippen LogP contribution in [0.25, 0.3) is 10.2 Å². The average molecular weight is 445 g/mol. The first kappa shape index (κ1) is 18.3. The van der Waals surface area contributed by atoms with E-state index in [0.29, 0.717) is 6.04 Å². The van der Waals surface area contributed by atoms with Crippen molar-refractivity contribution in [2.75, 3.05) is 25.5 Å². The second-order valence-electron chi connectivity index (χ2n) is 5.54. The molecule has 0 radical (unpaired) electrons. The van der Waals surface area contributed by atoms with Gasteiger partial charge in [-0.2, -0.15) is 0 Å². The van der Waals surface area contributed by atoms with Crippen LogP contribution in [0.4, 0.5) is 5.13 Å². The highest BCUT2D eigenvalue weighted by Gasteiger charge is 2.15. The molecule has 0 aliphatic heterocycles. The van der Waals surface area contributed by atoms with Crippen molar-refractivity contribution in [3.8, 4) is 0 Å². The van der Waals surface area contributed by atoms with Crippen molar-refractivity contribution in [2.24, 2.45) is 4.99 Å². The number of aromatic nitrogens is 1. The molecule has 23 heavy (non-hydrogen) atoms. The SMILES string of the molecule is CN=C(NCCNc1nc2ccccc2s1)NC1CCCC1.I. The largest absolute Gasteiger partial charge is 0.360 e. The summed E-state index contributed by atoms with van der Waals surface area (Å²) in [6.07, 6.45) is 5.16. The van der Waals surface area contributed by atoms with E-state index in [2.05, 4.69) is 32.0 Å². The topological polar surface area (TPSA) is 61.3 Å². The van der Waals surface area contributed by atoms with Gasteiger partial charge in [0.1, 0.15) is 0 Å². The molecule has 126 valence electrons. The van der Waals surface area contributed by atoms with Gasteiger partial charge in [0.2, 0.25) is 0 Å². The Morgan fingerprint density at radius 1 is 1.26 bits per heavy atom. The van der Waals surface area contributed by atoms with Gasteiger partial charge in [0.05, 0.1) is 10.2 Å². The van der Waals surface area contributed by atoms with Crippen LogP contribution in [0.15, 0.2) is 29.3 Å². The molecule has 0 saturated heterocycles. The molecule has 0 unspecified atom stereocenters. The van der Waals surface area contributed by atoms with Gasteiger partial charge in [-0.15, -0.1) is 24.0 Å². The van der Waals surface area contributed by atoms with Crippen molar-refractivity contribution in [3.63, 3.8) is 0 Å². The van der Waals surface area contributed by atoms with Crippen molar-refractivity contribution in [2.45, 2.75) is 31.7 Å². The minimum Gasteiger partial charge on any atom is -0.360 e. The van der Waals surface area contributed by atoms with Crippen molar-refractivity contribution >= 4 is 56.6 Å². The fourth-order valence-electron chi connectivity index (χ4n) is 2.76. The molecule has 1 aromatic carbocycles. The molecule has 1 aliphatic rings. The van der Waals surface area contributed by atoms with Crippen molar-refractivity contribution < 1.29 is 0 Å². The van der Waals surface area contributed by atoms with E-state index in [1.54, 1.807) is 11.3 Å². The Kier molecular flexibility index (Phi) is 7.35. The molecular formula is C16H24IN5S. The van der Waals surface area contributed by atoms with Crippen LogP contribution in [-0.2, 0) is 0 Å². The van der Waals surface area contributed by atoms with E-state index >= 15 is 0 Å². The first-order chi connectivity index (χ1) is 10.8. The highest BCUT2D eigenvalue weighted by molar-refractivity contribution is 14.0. The molecule has 3 N–H and O–H groups in total. The molecule has 1 saturated carbocycles. The smallest absolute Gasteiger partial charge is 0.191 e. The number of benzene rings is 1. The first-order valence-corrected chi connectivity index (χ1v) is 8.73.